The molecule has 0 fully saturated rings. The Hall–Kier alpha value is -2.27. The molecule has 0 unspecified atom stereocenters. The van der Waals surface area contributed by atoms with Crippen LogP contribution in [0.2, 0.25) is 0 Å². The van der Waals surface area contributed by atoms with Crippen molar-refractivity contribution in [3.05, 3.63) is 58.7 Å². The average molecular weight is 326 g/mol. The van der Waals surface area contributed by atoms with Crippen LogP contribution >= 0.6 is 11.8 Å². The highest BCUT2D eigenvalue weighted by atomic mass is 32.2. The number of thioether (sulfide) groups is 1. The molecule has 5 heteroatoms. The van der Waals surface area contributed by atoms with E-state index in [4.69, 9.17) is 0 Å². The summed E-state index contributed by atoms with van der Waals surface area (Å²) in [5.41, 5.74) is 4.72. The Morgan fingerprint density at radius 3 is 2.78 bits per heavy atom. The molecule has 2 aromatic rings. The number of rotatable bonds is 3. The van der Waals surface area contributed by atoms with Crippen molar-refractivity contribution in [2.45, 2.75) is 25.3 Å². The van der Waals surface area contributed by atoms with Gasteiger partial charge in [-0.2, -0.15) is 0 Å². The molecule has 0 bridgehead atoms. The summed E-state index contributed by atoms with van der Waals surface area (Å²) < 4.78 is 0. The van der Waals surface area contributed by atoms with Crippen molar-refractivity contribution < 1.29 is 9.59 Å². The van der Waals surface area contributed by atoms with Crippen LogP contribution in [0.4, 0.5) is 5.69 Å². The molecule has 0 saturated heterocycles. The van der Waals surface area contributed by atoms with Gasteiger partial charge in [0.1, 0.15) is 0 Å². The van der Waals surface area contributed by atoms with Crippen LogP contribution in [0, 0.1) is 13.8 Å². The largest absolute Gasteiger partial charge is 0.348 e. The molecule has 2 N–H and O–H groups in total. The standard InChI is InChI=1S/C18H18N2O2S/c1-11-3-5-14(7-12(11)2)18(22)19-9-13-4-6-16-15(8-13)20-17(21)10-23-16/h3-8H,9-10H2,1-2H3,(H,19,22)(H,20,21). The Kier molecular flexibility index (Phi) is 4.39. The van der Waals surface area contributed by atoms with E-state index in [1.165, 1.54) is 17.3 Å². The first-order chi connectivity index (χ1) is 11.0. The number of carbonyl (C=O) groups excluding carboxylic acids is 2. The van der Waals surface area contributed by atoms with E-state index < -0.39 is 0 Å². The van der Waals surface area contributed by atoms with Gasteiger partial charge in [-0.3, -0.25) is 9.59 Å². The van der Waals surface area contributed by atoms with Crippen molar-refractivity contribution in [1.82, 2.24) is 5.32 Å². The third-order valence-corrected chi connectivity index (χ3v) is 4.97. The molecule has 1 aliphatic rings. The van der Waals surface area contributed by atoms with Gasteiger partial charge in [-0.15, -0.1) is 11.8 Å². The second-order valence-corrected chi connectivity index (χ2v) is 6.67. The Morgan fingerprint density at radius 1 is 1.17 bits per heavy atom. The molecule has 1 aliphatic heterocycles. The molecule has 0 aliphatic carbocycles. The van der Waals surface area contributed by atoms with Gasteiger partial charge in [0.15, 0.2) is 0 Å². The van der Waals surface area contributed by atoms with Crippen LogP contribution in [0.3, 0.4) is 0 Å². The lowest BCUT2D eigenvalue weighted by atomic mass is 10.1. The number of nitrogens with one attached hydrogen (secondary N) is 2. The molecule has 1 heterocycles. The molecular weight excluding hydrogens is 308 g/mol. The molecule has 4 nitrogen and oxygen atoms in total. The van der Waals surface area contributed by atoms with Crippen molar-refractivity contribution in [2.75, 3.05) is 11.1 Å². The predicted molar refractivity (Wildman–Crippen MR) is 92.9 cm³/mol. The molecule has 23 heavy (non-hydrogen) atoms. The van der Waals surface area contributed by atoms with Gasteiger partial charge >= 0.3 is 0 Å². The van der Waals surface area contributed by atoms with Crippen LogP contribution in [-0.2, 0) is 11.3 Å². The molecule has 118 valence electrons. The van der Waals surface area contributed by atoms with Gasteiger partial charge in [-0.1, -0.05) is 12.1 Å². The van der Waals surface area contributed by atoms with Crippen molar-refractivity contribution in [2.24, 2.45) is 0 Å². The summed E-state index contributed by atoms with van der Waals surface area (Å²) in [5, 5.41) is 5.78. The first kappa shape index (κ1) is 15.6. The molecule has 2 amide bonds. The molecule has 2 aromatic carbocycles. The summed E-state index contributed by atoms with van der Waals surface area (Å²) in [4.78, 5) is 24.7. The number of hydrogen-bond acceptors (Lipinski definition) is 3. The van der Waals surface area contributed by atoms with E-state index in [2.05, 4.69) is 10.6 Å². The smallest absolute Gasteiger partial charge is 0.251 e. The van der Waals surface area contributed by atoms with E-state index >= 15 is 0 Å². The number of carbonyl (C=O) groups is 2. The van der Waals surface area contributed by atoms with Crippen LogP contribution in [-0.4, -0.2) is 17.6 Å². The minimum Gasteiger partial charge on any atom is -0.348 e. The third-order valence-electron chi connectivity index (χ3n) is 3.90. The fraction of sp³-hybridized carbons (Fsp3) is 0.222. The van der Waals surface area contributed by atoms with Crippen LogP contribution in [0.5, 0.6) is 0 Å². The predicted octanol–water partition coefficient (Wildman–Crippen LogP) is 3.28. The SMILES string of the molecule is Cc1ccc(C(=O)NCc2ccc3c(c2)NC(=O)CS3)cc1C. The zero-order chi connectivity index (χ0) is 16.4. The van der Waals surface area contributed by atoms with Crippen LogP contribution in [0.15, 0.2) is 41.3 Å². The van der Waals surface area contributed by atoms with Gasteiger partial charge in [-0.05, 0) is 54.8 Å². The van der Waals surface area contributed by atoms with E-state index in [-0.39, 0.29) is 11.8 Å². The second-order valence-electron chi connectivity index (χ2n) is 5.65. The van der Waals surface area contributed by atoms with Crippen molar-refractivity contribution >= 4 is 29.3 Å². The second kappa shape index (κ2) is 6.46. The molecule has 0 aromatic heterocycles. The van der Waals surface area contributed by atoms with Gasteiger partial charge in [0, 0.05) is 17.0 Å². The van der Waals surface area contributed by atoms with Crippen molar-refractivity contribution in [3.63, 3.8) is 0 Å². The average Bonchev–Trinajstić information content (AvgIpc) is 2.54. The Labute approximate surface area is 139 Å². The summed E-state index contributed by atoms with van der Waals surface area (Å²) >= 11 is 1.53. The highest BCUT2D eigenvalue weighted by Crippen LogP contribution is 2.31. The first-order valence-electron chi connectivity index (χ1n) is 7.44. The summed E-state index contributed by atoms with van der Waals surface area (Å²) in [6.45, 7) is 4.45. The lowest BCUT2D eigenvalue weighted by Crippen LogP contribution is -2.23. The number of fused-ring (bicyclic) bond motifs is 1. The number of aryl methyl sites for hydroxylation is 2. The summed E-state index contributed by atoms with van der Waals surface area (Å²) in [5.74, 6) is 0.374. The molecule has 0 spiro atoms. The fourth-order valence-electron chi connectivity index (χ4n) is 2.41. The Balaban J connectivity index is 1.68. The quantitative estimate of drug-likeness (QED) is 0.910. The van der Waals surface area contributed by atoms with Gasteiger partial charge in [0.25, 0.3) is 5.91 Å². The number of hydrogen-bond donors (Lipinski definition) is 2. The zero-order valence-corrected chi connectivity index (χ0v) is 13.9. The number of anilines is 1. The first-order valence-corrected chi connectivity index (χ1v) is 8.42. The highest BCUT2D eigenvalue weighted by Gasteiger charge is 2.15. The summed E-state index contributed by atoms with van der Waals surface area (Å²) in [6.07, 6.45) is 0. The maximum Gasteiger partial charge on any atom is 0.251 e. The van der Waals surface area contributed by atoms with E-state index in [9.17, 15) is 9.59 Å². The highest BCUT2D eigenvalue weighted by molar-refractivity contribution is 8.00. The number of benzene rings is 2. The fourth-order valence-corrected chi connectivity index (χ4v) is 3.20. The Morgan fingerprint density at radius 2 is 2.00 bits per heavy atom. The van der Waals surface area contributed by atoms with Crippen LogP contribution in [0.1, 0.15) is 27.0 Å². The van der Waals surface area contributed by atoms with Crippen molar-refractivity contribution in [3.8, 4) is 0 Å². The third kappa shape index (κ3) is 3.56. The van der Waals surface area contributed by atoms with E-state index in [1.54, 1.807) is 0 Å². The monoisotopic (exact) mass is 326 g/mol. The maximum atomic E-state index is 12.2. The topological polar surface area (TPSA) is 58.2 Å². The van der Waals surface area contributed by atoms with Gasteiger partial charge in [0.05, 0.1) is 11.4 Å². The van der Waals surface area contributed by atoms with E-state index in [0.29, 0.717) is 17.9 Å². The number of amides is 2. The van der Waals surface area contributed by atoms with Crippen LogP contribution < -0.4 is 10.6 Å². The van der Waals surface area contributed by atoms with Gasteiger partial charge in [0.2, 0.25) is 5.91 Å². The lowest BCUT2D eigenvalue weighted by Gasteiger charge is -2.17. The molecule has 0 saturated carbocycles. The maximum absolute atomic E-state index is 12.2. The molecule has 3 rings (SSSR count). The van der Waals surface area contributed by atoms with E-state index in [1.807, 2.05) is 50.2 Å². The minimum absolute atomic E-state index is 0.0128. The normalized spacial score (nSPS) is 13.2. The Bertz CT molecular complexity index is 787. The molecular formula is C18H18N2O2S. The minimum atomic E-state index is -0.0933. The lowest BCUT2D eigenvalue weighted by molar-refractivity contribution is -0.113. The van der Waals surface area contributed by atoms with Gasteiger partial charge < -0.3 is 10.6 Å². The van der Waals surface area contributed by atoms with E-state index in [0.717, 1.165) is 21.7 Å². The zero-order valence-electron chi connectivity index (χ0n) is 13.1. The van der Waals surface area contributed by atoms with Crippen molar-refractivity contribution in [1.29, 1.82) is 0 Å². The summed E-state index contributed by atoms with van der Waals surface area (Å²) in [7, 11) is 0. The molecule has 0 atom stereocenters. The molecule has 0 radical (unpaired) electrons. The van der Waals surface area contributed by atoms with Crippen LogP contribution in [0.25, 0.3) is 0 Å². The van der Waals surface area contributed by atoms with Gasteiger partial charge in [-0.25, -0.2) is 0 Å². The summed E-state index contributed by atoms with van der Waals surface area (Å²) in [6, 6.07) is 11.6.